The first kappa shape index (κ1) is 17.5. The van der Waals surface area contributed by atoms with E-state index in [0.29, 0.717) is 5.92 Å². The van der Waals surface area contributed by atoms with Gasteiger partial charge >= 0.3 is 0 Å². The summed E-state index contributed by atoms with van der Waals surface area (Å²) in [7, 11) is 2.05. The van der Waals surface area contributed by atoms with E-state index in [1.807, 2.05) is 6.92 Å². The maximum absolute atomic E-state index is 9.36. The van der Waals surface area contributed by atoms with Gasteiger partial charge in [0, 0.05) is 24.6 Å². The highest BCUT2D eigenvalue weighted by Crippen LogP contribution is 2.26. The molecule has 0 bridgehead atoms. The maximum atomic E-state index is 9.36. The molecule has 1 rings (SSSR count). The number of halogens is 1. The minimum Gasteiger partial charge on any atom is -0.393 e. The number of aliphatic hydroxyl groups is 1. The fourth-order valence-corrected chi connectivity index (χ4v) is 2.70. The minimum absolute atomic E-state index is 0.254. The Morgan fingerprint density at radius 1 is 1.30 bits per heavy atom. The van der Waals surface area contributed by atoms with Crippen molar-refractivity contribution in [2.75, 3.05) is 25.0 Å². The third-order valence-electron chi connectivity index (χ3n) is 3.19. The molecule has 0 saturated heterocycles. The summed E-state index contributed by atoms with van der Waals surface area (Å²) in [5, 5.41) is 12.8. The van der Waals surface area contributed by atoms with Gasteiger partial charge in [0.05, 0.1) is 11.8 Å². The average molecular weight is 343 g/mol. The summed E-state index contributed by atoms with van der Waals surface area (Å²) >= 11 is 3.64. The molecular weight excluding hydrogens is 316 g/mol. The van der Waals surface area contributed by atoms with E-state index in [1.54, 1.807) is 0 Å². The van der Waals surface area contributed by atoms with Gasteiger partial charge in [0.1, 0.15) is 0 Å². The molecule has 1 atom stereocenters. The fourth-order valence-electron chi connectivity index (χ4n) is 1.98. The highest BCUT2D eigenvalue weighted by molar-refractivity contribution is 9.10. The van der Waals surface area contributed by atoms with E-state index in [1.165, 1.54) is 11.3 Å². The number of nitrogens with one attached hydrogen (secondary N) is 1. The van der Waals surface area contributed by atoms with E-state index in [0.717, 1.165) is 30.5 Å². The van der Waals surface area contributed by atoms with Gasteiger partial charge in [-0.05, 0) is 59.4 Å². The third kappa shape index (κ3) is 6.25. The first-order chi connectivity index (χ1) is 9.40. The molecular formula is C16H27BrN2O. The van der Waals surface area contributed by atoms with E-state index in [2.05, 4.69) is 65.2 Å². The van der Waals surface area contributed by atoms with Gasteiger partial charge in [-0.1, -0.05) is 19.9 Å². The highest BCUT2D eigenvalue weighted by atomic mass is 79.9. The molecule has 0 spiro atoms. The Balaban J connectivity index is 2.58. The molecule has 114 valence electrons. The lowest BCUT2D eigenvalue weighted by Gasteiger charge is -2.22. The largest absolute Gasteiger partial charge is 0.393 e. The number of aliphatic hydroxyl groups excluding tert-OH is 1. The molecule has 0 aliphatic rings. The van der Waals surface area contributed by atoms with Crippen LogP contribution in [0.4, 0.5) is 5.69 Å². The van der Waals surface area contributed by atoms with Crippen LogP contribution in [0.25, 0.3) is 0 Å². The van der Waals surface area contributed by atoms with Crippen LogP contribution in [-0.2, 0) is 6.54 Å². The molecule has 0 aliphatic carbocycles. The second-order valence-electron chi connectivity index (χ2n) is 5.87. The summed E-state index contributed by atoms with van der Waals surface area (Å²) in [4.78, 5) is 2.17. The molecule has 2 N–H and O–H groups in total. The van der Waals surface area contributed by atoms with Crippen LogP contribution in [-0.4, -0.2) is 31.3 Å². The van der Waals surface area contributed by atoms with Gasteiger partial charge in [-0.3, -0.25) is 0 Å². The van der Waals surface area contributed by atoms with Gasteiger partial charge in [-0.2, -0.15) is 0 Å². The smallest absolute Gasteiger partial charge is 0.0528 e. The highest BCUT2D eigenvalue weighted by Gasteiger charge is 2.08. The van der Waals surface area contributed by atoms with Gasteiger partial charge in [0.15, 0.2) is 0 Å². The zero-order chi connectivity index (χ0) is 15.1. The second-order valence-corrected chi connectivity index (χ2v) is 6.72. The summed E-state index contributed by atoms with van der Waals surface area (Å²) in [5.41, 5.74) is 2.45. The lowest BCUT2D eigenvalue weighted by atomic mass is 10.1. The van der Waals surface area contributed by atoms with Gasteiger partial charge in [0.2, 0.25) is 0 Å². The van der Waals surface area contributed by atoms with Crippen molar-refractivity contribution >= 4 is 21.6 Å². The Morgan fingerprint density at radius 2 is 2.00 bits per heavy atom. The predicted octanol–water partition coefficient (Wildman–Crippen LogP) is 3.40. The van der Waals surface area contributed by atoms with Gasteiger partial charge in [-0.25, -0.2) is 0 Å². The topological polar surface area (TPSA) is 35.5 Å². The molecule has 4 heteroatoms. The monoisotopic (exact) mass is 342 g/mol. The lowest BCUT2D eigenvalue weighted by molar-refractivity contribution is 0.187. The minimum atomic E-state index is -0.254. The molecule has 0 amide bonds. The molecule has 0 heterocycles. The standard InChI is InChI=1S/C16H27BrN2O/c1-12(2)10-18-11-14-5-6-16(15(17)9-14)19(4)8-7-13(3)20/h5-6,9,12-13,18,20H,7-8,10-11H2,1-4H3. The van der Waals surface area contributed by atoms with Crippen LogP contribution in [0.15, 0.2) is 22.7 Å². The van der Waals surface area contributed by atoms with Crippen molar-refractivity contribution in [2.45, 2.75) is 39.8 Å². The van der Waals surface area contributed by atoms with E-state index in [4.69, 9.17) is 0 Å². The first-order valence-corrected chi connectivity index (χ1v) is 8.07. The molecule has 0 fully saturated rings. The van der Waals surface area contributed by atoms with Crippen LogP contribution >= 0.6 is 15.9 Å². The van der Waals surface area contributed by atoms with Crippen LogP contribution in [0.2, 0.25) is 0 Å². The van der Waals surface area contributed by atoms with E-state index in [-0.39, 0.29) is 6.10 Å². The number of rotatable bonds is 8. The van der Waals surface area contributed by atoms with Crippen LogP contribution < -0.4 is 10.2 Å². The number of hydrogen-bond donors (Lipinski definition) is 2. The summed E-state index contributed by atoms with van der Waals surface area (Å²) in [5.74, 6) is 0.671. The predicted molar refractivity (Wildman–Crippen MR) is 90.3 cm³/mol. The van der Waals surface area contributed by atoms with Crippen molar-refractivity contribution in [2.24, 2.45) is 5.92 Å². The van der Waals surface area contributed by atoms with Crippen molar-refractivity contribution in [3.8, 4) is 0 Å². The average Bonchev–Trinajstić information content (AvgIpc) is 2.35. The summed E-state index contributed by atoms with van der Waals surface area (Å²) in [6.45, 7) is 9.03. The van der Waals surface area contributed by atoms with Gasteiger partial charge in [-0.15, -0.1) is 0 Å². The van der Waals surface area contributed by atoms with E-state index < -0.39 is 0 Å². The van der Waals surface area contributed by atoms with Crippen molar-refractivity contribution in [1.29, 1.82) is 0 Å². The summed E-state index contributed by atoms with van der Waals surface area (Å²) in [6.07, 6.45) is 0.524. The Labute approximate surface area is 131 Å². The van der Waals surface area contributed by atoms with Gasteiger partial charge in [0.25, 0.3) is 0 Å². The number of anilines is 1. The Bertz CT molecular complexity index is 407. The van der Waals surface area contributed by atoms with Crippen LogP contribution in [0.3, 0.4) is 0 Å². The first-order valence-electron chi connectivity index (χ1n) is 7.28. The van der Waals surface area contributed by atoms with Gasteiger partial charge < -0.3 is 15.3 Å². The quantitative estimate of drug-likeness (QED) is 0.759. The lowest BCUT2D eigenvalue weighted by Crippen LogP contribution is -2.22. The van der Waals surface area contributed by atoms with Crippen molar-refractivity contribution in [3.05, 3.63) is 28.2 Å². The summed E-state index contributed by atoms with van der Waals surface area (Å²) in [6, 6.07) is 6.46. The van der Waals surface area contributed by atoms with E-state index in [9.17, 15) is 5.11 Å². The second kappa shape index (κ2) is 8.65. The Kier molecular flexibility index (Phi) is 7.56. The zero-order valence-corrected chi connectivity index (χ0v) is 14.6. The molecule has 1 aromatic rings. The number of nitrogens with zero attached hydrogens (tertiary/aromatic N) is 1. The van der Waals surface area contributed by atoms with Crippen molar-refractivity contribution in [1.82, 2.24) is 5.32 Å². The summed E-state index contributed by atoms with van der Waals surface area (Å²) < 4.78 is 1.11. The molecule has 20 heavy (non-hydrogen) atoms. The van der Waals surface area contributed by atoms with Crippen molar-refractivity contribution < 1.29 is 5.11 Å². The SMILES string of the molecule is CC(C)CNCc1ccc(N(C)CCC(C)O)c(Br)c1. The number of benzene rings is 1. The molecule has 0 aliphatic heterocycles. The number of hydrogen-bond acceptors (Lipinski definition) is 3. The molecule has 0 aromatic heterocycles. The molecule has 0 saturated carbocycles. The Morgan fingerprint density at radius 3 is 2.55 bits per heavy atom. The van der Waals surface area contributed by atoms with E-state index >= 15 is 0 Å². The van der Waals surface area contributed by atoms with Crippen LogP contribution in [0, 0.1) is 5.92 Å². The molecule has 0 radical (unpaired) electrons. The zero-order valence-electron chi connectivity index (χ0n) is 13.0. The third-order valence-corrected chi connectivity index (χ3v) is 3.82. The maximum Gasteiger partial charge on any atom is 0.0528 e. The van der Waals surface area contributed by atoms with Crippen LogP contribution in [0.1, 0.15) is 32.8 Å². The van der Waals surface area contributed by atoms with Crippen molar-refractivity contribution in [3.63, 3.8) is 0 Å². The Hall–Kier alpha value is -0.580. The normalized spacial score (nSPS) is 12.8. The molecule has 1 aromatic carbocycles. The molecule has 1 unspecified atom stereocenters. The van der Waals surface area contributed by atoms with Crippen LogP contribution in [0.5, 0.6) is 0 Å². The fraction of sp³-hybridized carbons (Fsp3) is 0.625. The molecule has 3 nitrogen and oxygen atoms in total.